The predicted molar refractivity (Wildman–Crippen MR) is 76.5 cm³/mol. The molecule has 0 radical (unpaired) electrons. The number of amides is 1. The first-order chi connectivity index (χ1) is 10.1. The van der Waals surface area contributed by atoms with Crippen molar-refractivity contribution < 1.29 is 29.3 Å². The van der Waals surface area contributed by atoms with Gasteiger partial charge in [-0.2, -0.15) is 0 Å². The average Bonchev–Trinajstić information content (AvgIpc) is 2.42. The summed E-state index contributed by atoms with van der Waals surface area (Å²) in [5, 5.41) is 21.4. The number of carbonyl (C=O) groups excluding carboxylic acids is 1. The van der Waals surface area contributed by atoms with Crippen LogP contribution in [0.2, 0.25) is 0 Å². The Labute approximate surface area is 128 Å². The molecule has 1 rings (SSSR count). The molecule has 2 atom stereocenters. The molecule has 1 aromatic heterocycles. The highest BCUT2D eigenvalue weighted by molar-refractivity contribution is 5.80. The molecule has 2 unspecified atom stereocenters. The highest BCUT2D eigenvalue weighted by Gasteiger charge is 2.31. The van der Waals surface area contributed by atoms with Crippen LogP contribution in [-0.4, -0.2) is 46.0 Å². The van der Waals surface area contributed by atoms with Crippen LogP contribution in [0.3, 0.4) is 0 Å². The standard InChI is InChI=1S/C14H20N2O6/c1-14(2,3)22-13(20)16-10(12(18)19)11(17)8-5-6-9(21-4)15-7-8/h5-7,10-11,17H,1-4H3,(H,16,20)(H,18,19). The molecule has 0 aliphatic carbocycles. The number of carbonyl (C=O) groups is 2. The molecule has 0 aliphatic rings. The van der Waals surface area contributed by atoms with Crippen molar-refractivity contribution in [1.82, 2.24) is 10.3 Å². The van der Waals surface area contributed by atoms with Gasteiger partial charge in [0.25, 0.3) is 0 Å². The van der Waals surface area contributed by atoms with Crippen molar-refractivity contribution in [3.8, 4) is 5.88 Å². The number of rotatable bonds is 5. The lowest BCUT2D eigenvalue weighted by Gasteiger charge is -2.24. The largest absolute Gasteiger partial charge is 0.481 e. The first kappa shape index (κ1) is 17.7. The molecule has 1 amide bonds. The Balaban J connectivity index is 2.85. The van der Waals surface area contributed by atoms with E-state index >= 15 is 0 Å². The molecular weight excluding hydrogens is 292 g/mol. The minimum absolute atomic E-state index is 0.226. The Kier molecular flexibility index (Phi) is 5.69. The van der Waals surface area contributed by atoms with Crippen LogP contribution in [0.5, 0.6) is 5.88 Å². The highest BCUT2D eigenvalue weighted by atomic mass is 16.6. The van der Waals surface area contributed by atoms with Gasteiger partial charge in [-0.15, -0.1) is 0 Å². The number of pyridine rings is 1. The van der Waals surface area contributed by atoms with Crippen LogP contribution in [0.15, 0.2) is 18.3 Å². The van der Waals surface area contributed by atoms with Gasteiger partial charge in [-0.1, -0.05) is 0 Å². The second kappa shape index (κ2) is 7.08. The van der Waals surface area contributed by atoms with Crippen LogP contribution >= 0.6 is 0 Å². The zero-order chi connectivity index (χ0) is 16.9. The number of aromatic nitrogens is 1. The van der Waals surface area contributed by atoms with Gasteiger partial charge in [0, 0.05) is 17.8 Å². The molecule has 1 aromatic rings. The summed E-state index contributed by atoms with van der Waals surface area (Å²) in [6.07, 6.45) is -1.14. The van der Waals surface area contributed by atoms with Gasteiger partial charge in [-0.3, -0.25) is 0 Å². The quantitative estimate of drug-likeness (QED) is 0.745. The number of aliphatic carboxylic acids is 1. The van der Waals surface area contributed by atoms with Gasteiger partial charge in [0.05, 0.1) is 7.11 Å². The van der Waals surface area contributed by atoms with Crippen molar-refractivity contribution in [2.24, 2.45) is 0 Å². The van der Waals surface area contributed by atoms with E-state index in [-0.39, 0.29) is 5.56 Å². The molecule has 1 heterocycles. The maximum atomic E-state index is 11.7. The number of nitrogens with one attached hydrogen (secondary N) is 1. The number of hydrogen-bond donors (Lipinski definition) is 3. The van der Waals surface area contributed by atoms with E-state index in [2.05, 4.69) is 10.3 Å². The third kappa shape index (κ3) is 5.21. The number of nitrogens with zero attached hydrogens (tertiary/aromatic N) is 1. The molecule has 0 saturated heterocycles. The Morgan fingerprint density at radius 1 is 1.32 bits per heavy atom. The summed E-state index contributed by atoms with van der Waals surface area (Å²) >= 11 is 0. The lowest BCUT2D eigenvalue weighted by molar-refractivity contribution is -0.142. The Morgan fingerprint density at radius 3 is 2.36 bits per heavy atom. The predicted octanol–water partition coefficient (Wildman–Crippen LogP) is 1.10. The lowest BCUT2D eigenvalue weighted by Crippen LogP contribution is -2.46. The molecule has 0 saturated carbocycles. The summed E-state index contributed by atoms with van der Waals surface area (Å²) < 4.78 is 9.86. The molecule has 0 spiro atoms. The fourth-order valence-electron chi connectivity index (χ4n) is 1.59. The first-order valence-electron chi connectivity index (χ1n) is 6.54. The van der Waals surface area contributed by atoms with E-state index in [0.717, 1.165) is 0 Å². The summed E-state index contributed by atoms with van der Waals surface area (Å²) in [6, 6.07) is 1.37. The monoisotopic (exact) mass is 312 g/mol. The second-order valence-electron chi connectivity index (χ2n) is 5.54. The minimum Gasteiger partial charge on any atom is -0.481 e. The van der Waals surface area contributed by atoms with Gasteiger partial charge in [0.1, 0.15) is 11.7 Å². The first-order valence-corrected chi connectivity index (χ1v) is 6.54. The molecule has 0 fully saturated rings. The Bertz CT molecular complexity index is 523. The molecule has 22 heavy (non-hydrogen) atoms. The number of carboxylic acids is 1. The molecular formula is C14H20N2O6. The van der Waals surface area contributed by atoms with E-state index in [0.29, 0.717) is 5.88 Å². The summed E-state index contributed by atoms with van der Waals surface area (Å²) in [6.45, 7) is 4.94. The molecule has 3 N–H and O–H groups in total. The van der Waals surface area contributed by atoms with E-state index in [9.17, 15) is 19.8 Å². The van der Waals surface area contributed by atoms with Crippen molar-refractivity contribution >= 4 is 12.1 Å². The number of hydrogen-bond acceptors (Lipinski definition) is 6. The molecule has 0 aliphatic heterocycles. The van der Waals surface area contributed by atoms with Crippen molar-refractivity contribution in [1.29, 1.82) is 0 Å². The number of carboxylic acid groups (broad SMARTS) is 1. The Morgan fingerprint density at radius 2 is 1.95 bits per heavy atom. The van der Waals surface area contributed by atoms with Crippen LogP contribution in [0, 0.1) is 0 Å². The van der Waals surface area contributed by atoms with Gasteiger partial charge < -0.3 is 25.0 Å². The minimum atomic E-state index is -1.56. The number of aliphatic hydroxyl groups is 1. The SMILES string of the molecule is COc1ccc(C(O)C(NC(=O)OC(C)(C)C)C(=O)O)cn1. The molecule has 122 valence electrons. The van der Waals surface area contributed by atoms with Crippen LogP contribution < -0.4 is 10.1 Å². The number of methoxy groups -OCH3 is 1. The van der Waals surface area contributed by atoms with E-state index in [4.69, 9.17) is 9.47 Å². The summed E-state index contributed by atoms with van der Waals surface area (Å²) in [7, 11) is 1.43. The third-order valence-electron chi connectivity index (χ3n) is 2.56. The van der Waals surface area contributed by atoms with Crippen LogP contribution in [0.4, 0.5) is 4.79 Å². The van der Waals surface area contributed by atoms with Crippen molar-refractivity contribution in [2.45, 2.75) is 38.5 Å². The van der Waals surface area contributed by atoms with E-state index < -0.39 is 29.8 Å². The maximum Gasteiger partial charge on any atom is 0.408 e. The van der Waals surface area contributed by atoms with Gasteiger partial charge >= 0.3 is 12.1 Å². The summed E-state index contributed by atoms with van der Waals surface area (Å²) in [5.74, 6) is -1.07. The zero-order valence-corrected chi connectivity index (χ0v) is 12.9. The van der Waals surface area contributed by atoms with Crippen molar-refractivity contribution in [3.05, 3.63) is 23.9 Å². The maximum absolute atomic E-state index is 11.7. The smallest absolute Gasteiger partial charge is 0.408 e. The van der Waals surface area contributed by atoms with Gasteiger partial charge in [-0.25, -0.2) is 14.6 Å². The van der Waals surface area contributed by atoms with Gasteiger partial charge in [0.2, 0.25) is 5.88 Å². The number of ether oxygens (including phenoxy) is 2. The molecule has 8 heteroatoms. The van der Waals surface area contributed by atoms with Crippen LogP contribution in [0.25, 0.3) is 0 Å². The van der Waals surface area contributed by atoms with Crippen molar-refractivity contribution in [3.63, 3.8) is 0 Å². The topological polar surface area (TPSA) is 118 Å². The third-order valence-corrected chi connectivity index (χ3v) is 2.56. The van der Waals surface area contributed by atoms with E-state index in [1.54, 1.807) is 20.8 Å². The highest BCUT2D eigenvalue weighted by Crippen LogP contribution is 2.19. The summed E-state index contributed by atoms with van der Waals surface area (Å²) in [4.78, 5) is 26.8. The second-order valence-corrected chi connectivity index (χ2v) is 5.54. The van der Waals surface area contributed by atoms with Crippen molar-refractivity contribution in [2.75, 3.05) is 7.11 Å². The number of alkyl carbamates (subject to hydrolysis) is 1. The zero-order valence-electron chi connectivity index (χ0n) is 12.9. The van der Waals surface area contributed by atoms with Gasteiger partial charge in [0.15, 0.2) is 6.04 Å². The molecule has 0 bridgehead atoms. The Hall–Kier alpha value is -2.35. The average molecular weight is 312 g/mol. The van der Waals surface area contributed by atoms with E-state index in [1.807, 2.05) is 0 Å². The normalized spacial score (nSPS) is 13.9. The van der Waals surface area contributed by atoms with Crippen LogP contribution in [0.1, 0.15) is 32.4 Å². The molecule has 8 nitrogen and oxygen atoms in total. The van der Waals surface area contributed by atoms with Gasteiger partial charge in [-0.05, 0) is 26.8 Å². The fraction of sp³-hybridized carbons (Fsp3) is 0.500. The lowest BCUT2D eigenvalue weighted by atomic mass is 10.0. The van der Waals surface area contributed by atoms with Crippen LogP contribution in [-0.2, 0) is 9.53 Å². The molecule has 0 aromatic carbocycles. The van der Waals surface area contributed by atoms with E-state index in [1.165, 1.54) is 25.4 Å². The fourth-order valence-corrected chi connectivity index (χ4v) is 1.59. The number of aliphatic hydroxyl groups excluding tert-OH is 1. The summed E-state index contributed by atoms with van der Waals surface area (Å²) in [5.41, 5.74) is -0.552.